The molecule has 1 atom stereocenters. The average Bonchev–Trinajstić information content (AvgIpc) is 2.40. The Morgan fingerprint density at radius 2 is 2.25 bits per heavy atom. The number of nitrogens with one attached hydrogen (secondary N) is 2. The van der Waals surface area contributed by atoms with Gasteiger partial charge in [-0.1, -0.05) is 0 Å². The molecule has 0 aromatic heterocycles. The van der Waals surface area contributed by atoms with Gasteiger partial charge in [-0.3, -0.25) is 9.59 Å². The predicted octanol–water partition coefficient (Wildman–Crippen LogP) is 1.45. The minimum Gasteiger partial charge on any atom is -0.354 e. The summed E-state index contributed by atoms with van der Waals surface area (Å²) in [5.41, 5.74) is 0. The SMILES string of the molecule is O=C1CCC(NC(=O)CSc2ccc(F)cc2F)CN1. The molecule has 1 heterocycles. The van der Waals surface area contributed by atoms with E-state index in [1.165, 1.54) is 6.07 Å². The van der Waals surface area contributed by atoms with Gasteiger partial charge in [0.1, 0.15) is 11.6 Å². The van der Waals surface area contributed by atoms with Crippen molar-refractivity contribution in [3.63, 3.8) is 0 Å². The maximum Gasteiger partial charge on any atom is 0.230 e. The normalized spacial score (nSPS) is 18.5. The van der Waals surface area contributed by atoms with Crippen molar-refractivity contribution in [2.45, 2.75) is 23.8 Å². The van der Waals surface area contributed by atoms with Gasteiger partial charge in [0.15, 0.2) is 0 Å². The van der Waals surface area contributed by atoms with E-state index >= 15 is 0 Å². The number of amides is 2. The topological polar surface area (TPSA) is 58.2 Å². The van der Waals surface area contributed by atoms with Crippen LogP contribution in [-0.4, -0.2) is 30.2 Å². The Hall–Kier alpha value is -1.63. The number of hydrogen-bond acceptors (Lipinski definition) is 3. The highest BCUT2D eigenvalue weighted by atomic mass is 32.2. The molecule has 0 saturated carbocycles. The molecule has 4 nitrogen and oxygen atoms in total. The van der Waals surface area contributed by atoms with Gasteiger partial charge >= 0.3 is 0 Å². The number of piperidine rings is 1. The van der Waals surface area contributed by atoms with E-state index in [0.29, 0.717) is 19.4 Å². The van der Waals surface area contributed by atoms with E-state index in [-0.39, 0.29) is 28.5 Å². The summed E-state index contributed by atoms with van der Waals surface area (Å²) in [7, 11) is 0. The second-order valence-electron chi connectivity index (χ2n) is 4.47. The molecule has 0 spiro atoms. The second-order valence-corrected chi connectivity index (χ2v) is 5.49. The van der Waals surface area contributed by atoms with Crippen LogP contribution in [0.3, 0.4) is 0 Å². The minimum atomic E-state index is -0.673. The van der Waals surface area contributed by atoms with Crippen LogP contribution in [0.4, 0.5) is 8.78 Å². The lowest BCUT2D eigenvalue weighted by atomic mass is 10.1. The molecular formula is C13H14F2N2O2S. The summed E-state index contributed by atoms with van der Waals surface area (Å²) >= 11 is 1.01. The first-order valence-corrected chi connectivity index (χ1v) is 7.17. The molecule has 1 fully saturated rings. The molecule has 108 valence electrons. The number of benzene rings is 1. The summed E-state index contributed by atoms with van der Waals surface area (Å²) in [6, 6.07) is 3.17. The fourth-order valence-electron chi connectivity index (χ4n) is 1.86. The van der Waals surface area contributed by atoms with Crippen LogP contribution >= 0.6 is 11.8 Å². The van der Waals surface area contributed by atoms with Gasteiger partial charge in [-0.25, -0.2) is 8.78 Å². The lowest BCUT2D eigenvalue weighted by molar-refractivity contribution is -0.124. The minimum absolute atomic E-state index is 0.0155. The molecule has 1 saturated heterocycles. The van der Waals surface area contributed by atoms with Crippen LogP contribution in [-0.2, 0) is 9.59 Å². The van der Waals surface area contributed by atoms with Gasteiger partial charge in [-0.05, 0) is 18.6 Å². The van der Waals surface area contributed by atoms with E-state index in [4.69, 9.17) is 0 Å². The predicted molar refractivity (Wildman–Crippen MR) is 71.3 cm³/mol. The highest BCUT2D eigenvalue weighted by Crippen LogP contribution is 2.22. The van der Waals surface area contributed by atoms with Crippen LogP contribution in [0.2, 0.25) is 0 Å². The average molecular weight is 300 g/mol. The van der Waals surface area contributed by atoms with Gasteiger partial charge in [-0.15, -0.1) is 11.8 Å². The Balaban J connectivity index is 1.78. The lowest BCUT2D eigenvalue weighted by Crippen LogP contribution is -2.48. The zero-order valence-corrected chi connectivity index (χ0v) is 11.4. The van der Waals surface area contributed by atoms with Gasteiger partial charge in [0.05, 0.1) is 5.75 Å². The summed E-state index contributed by atoms with van der Waals surface area (Å²) in [5.74, 6) is -1.52. The maximum atomic E-state index is 13.4. The Labute approximate surface area is 119 Å². The van der Waals surface area contributed by atoms with E-state index in [1.54, 1.807) is 0 Å². The van der Waals surface area contributed by atoms with E-state index in [0.717, 1.165) is 23.9 Å². The van der Waals surface area contributed by atoms with E-state index in [2.05, 4.69) is 10.6 Å². The number of carbonyl (C=O) groups is 2. The molecule has 0 bridgehead atoms. The summed E-state index contributed by atoms with van der Waals surface area (Å²) < 4.78 is 26.1. The molecule has 1 aliphatic heterocycles. The third-order valence-electron chi connectivity index (χ3n) is 2.88. The molecule has 1 aromatic carbocycles. The van der Waals surface area contributed by atoms with Crippen LogP contribution in [0.5, 0.6) is 0 Å². The smallest absolute Gasteiger partial charge is 0.230 e. The van der Waals surface area contributed by atoms with Crippen molar-refractivity contribution >= 4 is 23.6 Å². The molecule has 7 heteroatoms. The van der Waals surface area contributed by atoms with Crippen molar-refractivity contribution in [3.8, 4) is 0 Å². The van der Waals surface area contributed by atoms with E-state index in [9.17, 15) is 18.4 Å². The molecule has 1 aliphatic rings. The summed E-state index contributed by atoms with van der Waals surface area (Å²) in [5, 5.41) is 5.43. The van der Waals surface area contributed by atoms with Gasteiger partial charge in [0, 0.05) is 30.0 Å². The van der Waals surface area contributed by atoms with E-state index in [1.807, 2.05) is 0 Å². The largest absolute Gasteiger partial charge is 0.354 e. The van der Waals surface area contributed by atoms with Crippen LogP contribution in [0.1, 0.15) is 12.8 Å². The third kappa shape index (κ3) is 4.19. The zero-order valence-electron chi connectivity index (χ0n) is 10.6. The molecule has 1 unspecified atom stereocenters. The number of thioether (sulfide) groups is 1. The Morgan fingerprint density at radius 1 is 1.45 bits per heavy atom. The van der Waals surface area contributed by atoms with Crippen molar-refractivity contribution in [3.05, 3.63) is 29.8 Å². The van der Waals surface area contributed by atoms with Crippen molar-refractivity contribution in [1.82, 2.24) is 10.6 Å². The summed E-state index contributed by atoms with van der Waals surface area (Å²) in [6.45, 7) is 0.417. The first kappa shape index (κ1) is 14.8. The fourth-order valence-corrected chi connectivity index (χ4v) is 2.59. The second kappa shape index (κ2) is 6.69. The van der Waals surface area contributed by atoms with Crippen molar-refractivity contribution < 1.29 is 18.4 Å². The highest BCUT2D eigenvalue weighted by Gasteiger charge is 2.19. The molecule has 2 N–H and O–H groups in total. The van der Waals surface area contributed by atoms with Gasteiger partial charge in [-0.2, -0.15) is 0 Å². The number of halogens is 2. The van der Waals surface area contributed by atoms with Crippen LogP contribution in [0, 0.1) is 11.6 Å². The fraction of sp³-hybridized carbons (Fsp3) is 0.385. The van der Waals surface area contributed by atoms with Gasteiger partial charge < -0.3 is 10.6 Å². The van der Waals surface area contributed by atoms with E-state index < -0.39 is 11.6 Å². The molecule has 2 amide bonds. The quantitative estimate of drug-likeness (QED) is 0.828. The van der Waals surface area contributed by atoms with Crippen molar-refractivity contribution in [2.24, 2.45) is 0 Å². The molecule has 20 heavy (non-hydrogen) atoms. The highest BCUT2D eigenvalue weighted by molar-refractivity contribution is 8.00. The number of carbonyl (C=O) groups excluding carboxylic acids is 2. The Morgan fingerprint density at radius 3 is 2.90 bits per heavy atom. The first-order chi connectivity index (χ1) is 9.54. The van der Waals surface area contributed by atoms with Crippen molar-refractivity contribution in [2.75, 3.05) is 12.3 Å². The third-order valence-corrected chi connectivity index (χ3v) is 3.93. The van der Waals surface area contributed by atoms with Crippen LogP contribution in [0.15, 0.2) is 23.1 Å². The van der Waals surface area contributed by atoms with Gasteiger partial charge in [0.25, 0.3) is 0 Å². The molecule has 1 aromatic rings. The van der Waals surface area contributed by atoms with Crippen LogP contribution < -0.4 is 10.6 Å². The number of hydrogen-bond donors (Lipinski definition) is 2. The zero-order chi connectivity index (χ0) is 14.5. The maximum absolute atomic E-state index is 13.4. The Bertz CT molecular complexity index is 515. The molecular weight excluding hydrogens is 286 g/mol. The standard InChI is InChI=1S/C13H14F2N2O2S/c14-8-1-3-11(10(15)5-8)20-7-13(19)17-9-2-4-12(18)16-6-9/h1,3,5,9H,2,4,6-7H2,(H,16,18)(H,17,19). The molecule has 0 radical (unpaired) electrons. The Kier molecular flexibility index (Phi) is 4.94. The summed E-state index contributed by atoms with van der Waals surface area (Å²) in [6.07, 6.45) is 0.998. The van der Waals surface area contributed by atoms with Crippen LogP contribution in [0.25, 0.3) is 0 Å². The first-order valence-electron chi connectivity index (χ1n) is 6.18. The molecule has 0 aliphatic carbocycles. The molecule has 2 rings (SSSR count). The van der Waals surface area contributed by atoms with Crippen molar-refractivity contribution in [1.29, 1.82) is 0 Å². The number of rotatable bonds is 4. The summed E-state index contributed by atoms with van der Waals surface area (Å²) in [4.78, 5) is 22.9. The van der Waals surface area contributed by atoms with Gasteiger partial charge in [0.2, 0.25) is 11.8 Å². The monoisotopic (exact) mass is 300 g/mol. The lowest BCUT2D eigenvalue weighted by Gasteiger charge is -2.23.